The van der Waals surface area contributed by atoms with Crippen molar-refractivity contribution >= 4 is 49.0 Å². The molecule has 1 heterocycles. The maximum absolute atomic E-state index is 9.01. The summed E-state index contributed by atoms with van der Waals surface area (Å²) >= 11 is 10.7. The van der Waals surface area contributed by atoms with Crippen LogP contribution in [-0.2, 0) is 5.88 Å². The molecule has 0 amide bonds. The summed E-state index contributed by atoms with van der Waals surface area (Å²) in [6.45, 7) is 0. The number of rotatable bonds is 1. The Labute approximate surface area is 99.0 Å². The first-order valence-electron chi connectivity index (χ1n) is 3.93. The molecule has 0 saturated heterocycles. The van der Waals surface area contributed by atoms with Crippen LogP contribution in [0.2, 0.25) is 0 Å². The zero-order valence-electron chi connectivity index (χ0n) is 7.05. The Morgan fingerprint density at radius 2 is 2.29 bits per heavy atom. The third-order valence-electron chi connectivity index (χ3n) is 1.96. The van der Waals surface area contributed by atoms with E-state index in [1.807, 2.05) is 18.2 Å². The molecular formula is C10H5BrClNS. The number of thiophene rings is 1. The van der Waals surface area contributed by atoms with Gasteiger partial charge in [-0.05, 0) is 18.2 Å². The van der Waals surface area contributed by atoms with E-state index in [4.69, 9.17) is 16.9 Å². The van der Waals surface area contributed by atoms with Crippen LogP contribution in [0, 0.1) is 11.3 Å². The highest BCUT2D eigenvalue weighted by atomic mass is 79.9. The van der Waals surface area contributed by atoms with E-state index in [0.717, 1.165) is 19.4 Å². The van der Waals surface area contributed by atoms with E-state index in [1.165, 1.54) is 0 Å². The van der Waals surface area contributed by atoms with Gasteiger partial charge in [0.15, 0.2) is 0 Å². The Balaban J connectivity index is 2.83. The summed E-state index contributed by atoms with van der Waals surface area (Å²) in [5.74, 6) is 0.403. The molecule has 0 aliphatic heterocycles. The summed E-state index contributed by atoms with van der Waals surface area (Å²) in [4.78, 5) is 0.947. The average Bonchev–Trinajstić information content (AvgIpc) is 2.54. The molecule has 1 nitrogen and oxygen atoms in total. The highest BCUT2D eigenvalue weighted by Crippen LogP contribution is 2.33. The summed E-state index contributed by atoms with van der Waals surface area (Å²) in [6, 6.07) is 8.13. The molecule has 0 atom stereocenters. The van der Waals surface area contributed by atoms with Crippen molar-refractivity contribution in [2.75, 3.05) is 0 Å². The molecule has 0 spiro atoms. The van der Waals surface area contributed by atoms with Crippen molar-refractivity contribution in [2.45, 2.75) is 5.88 Å². The first-order chi connectivity index (χ1) is 6.76. The van der Waals surface area contributed by atoms with Gasteiger partial charge >= 0.3 is 0 Å². The van der Waals surface area contributed by atoms with Crippen LogP contribution in [0.5, 0.6) is 0 Å². The minimum atomic E-state index is 0.403. The Morgan fingerprint density at radius 1 is 1.50 bits per heavy atom. The van der Waals surface area contributed by atoms with Crippen molar-refractivity contribution < 1.29 is 0 Å². The van der Waals surface area contributed by atoms with Crippen LogP contribution in [0.1, 0.15) is 10.4 Å². The first kappa shape index (κ1) is 9.97. The fraction of sp³-hybridized carbons (Fsp3) is 0.100. The van der Waals surface area contributed by atoms with Gasteiger partial charge in [0.25, 0.3) is 0 Å². The van der Waals surface area contributed by atoms with Crippen molar-refractivity contribution in [1.82, 2.24) is 0 Å². The summed E-state index contributed by atoms with van der Waals surface area (Å²) in [6.07, 6.45) is 0. The lowest BCUT2D eigenvalue weighted by Gasteiger charge is -1.91. The number of halogens is 2. The van der Waals surface area contributed by atoms with Gasteiger partial charge in [-0.15, -0.1) is 22.9 Å². The molecule has 2 rings (SSSR count). The number of benzene rings is 1. The van der Waals surface area contributed by atoms with Gasteiger partial charge in [-0.25, -0.2) is 0 Å². The van der Waals surface area contributed by atoms with Crippen LogP contribution >= 0.6 is 38.9 Å². The topological polar surface area (TPSA) is 23.8 Å². The predicted octanol–water partition coefficient (Wildman–Crippen LogP) is 4.27. The number of hydrogen-bond donors (Lipinski definition) is 0. The number of nitrogens with zero attached hydrogens (tertiary/aromatic N) is 1. The number of nitriles is 1. The minimum Gasteiger partial charge on any atom is -0.192 e. The smallest absolute Gasteiger partial charge is 0.101 e. The average molecular weight is 287 g/mol. The van der Waals surface area contributed by atoms with Crippen molar-refractivity contribution in [3.63, 3.8) is 0 Å². The van der Waals surface area contributed by atoms with E-state index >= 15 is 0 Å². The van der Waals surface area contributed by atoms with Crippen LogP contribution in [-0.4, -0.2) is 0 Å². The molecule has 0 aliphatic carbocycles. The maximum Gasteiger partial charge on any atom is 0.101 e. The fourth-order valence-corrected chi connectivity index (χ4v) is 2.98. The third-order valence-corrected chi connectivity index (χ3v) is 4.05. The maximum atomic E-state index is 9.01. The molecule has 1 aromatic heterocycles. The lowest BCUT2D eigenvalue weighted by molar-refractivity contribution is 1.45. The van der Waals surface area contributed by atoms with Gasteiger partial charge in [0.2, 0.25) is 0 Å². The van der Waals surface area contributed by atoms with E-state index in [-0.39, 0.29) is 0 Å². The molecule has 1 aromatic carbocycles. The van der Waals surface area contributed by atoms with Crippen molar-refractivity contribution in [2.24, 2.45) is 0 Å². The van der Waals surface area contributed by atoms with Crippen LogP contribution < -0.4 is 0 Å². The molecule has 4 heteroatoms. The van der Waals surface area contributed by atoms with Crippen molar-refractivity contribution in [3.8, 4) is 6.07 Å². The zero-order valence-corrected chi connectivity index (χ0v) is 10.2. The second-order valence-corrected chi connectivity index (χ2v) is 5.11. The van der Waals surface area contributed by atoms with E-state index in [1.54, 1.807) is 11.3 Å². The van der Waals surface area contributed by atoms with Crippen molar-refractivity contribution in [1.29, 1.82) is 5.26 Å². The molecule has 2 aromatic rings. The van der Waals surface area contributed by atoms with E-state index in [2.05, 4.69) is 22.0 Å². The monoisotopic (exact) mass is 285 g/mol. The van der Waals surface area contributed by atoms with E-state index in [0.29, 0.717) is 11.4 Å². The van der Waals surface area contributed by atoms with Gasteiger partial charge in [-0.2, -0.15) is 5.26 Å². The molecule has 0 radical (unpaired) electrons. The Hall–Kier alpha value is -0.560. The molecule has 14 heavy (non-hydrogen) atoms. The normalized spacial score (nSPS) is 10.4. The van der Waals surface area contributed by atoms with Gasteiger partial charge in [-0.3, -0.25) is 0 Å². The molecule has 0 unspecified atom stereocenters. The molecule has 0 bridgehead atoms. The second kappa shape index (κ2) is 3.90. The van der Waals surface area contributed by atoms with Gasteiger partial charge < -0.3 is 0 Å². The van der Waals surface area contributed by atoms with Gasteiger partial charge in [0, 0.05) is 19.4 Å². The van der Waals surface area contributed by atoms with Crippen LogP contribution in [0.4, 0.5) is 0 Å². The Kier molecular flexibility index (Phi) is 2.78. The lowest BCUT2D eigenvalue weighted by atomic mass is 10.1. The summed E-state index contributed by atoms with van der Waals surface area (Å²) < 4.78 is 2.10. The van der Waals surface area contributed by atoms with Crippen LogP contribution in [0.25, 0.3) is 10.1 Å². The largest absolute Gasteiger partial charge is 0.192 e. The van der Waals surface area contributed by atoms with Gasteiger partial charge in [0.05, 0.1) is 11.4 Å². The summed E-state index contributed by atoms with van der Waals surface area (Å²) in [5.41, 5.74) is 0.710. The second-order valence-electron chi connectivity index (χ2n) is 2.79. The van der Waals surface area contributed by atoms with Crippen LogP contribution in [0.15, 0.2) is 22.7 Å². The molecule has 0 aliphatic rings. The van der Waals surface area contributed by atoms with Crippen LogP contribution in [0.3, 0.4) is 0 Å². The standard InChI is InChI=1S/C10H5BrClNS/c11-6-1-2-9-7(3-6)8(5-13)10(4-12)14-9/h1-3H,4H2. The fourth-order valence-electron chi connectivity index (χ4n) is 1.34. The lowest BCUT2D eigenvalue weighted by Crippen LogP contribution is -1.76. The van der Waals surface area contributed by atoms with Gasteiger partial charge in [0.1, 0.15) is 6.07 Å². The predicted molar refractivity (Wildman–Crippen MR) is 63.8 cm³/mol. The molecular weight excluding hydrogens is 282 g/mol. The Morgan fingerprint density at radius 3 is 2.93 bits per heavy atom. The highest BCUT2D eigenvalue weighted by Gasteiger charge is 2.10. The van der Waals surface area contributed by atoms with E-state index < -0.39 is 0 Å². The minimum absolute atomic E-state index is 0.403. The van der Waals surface area contributed by atoms with Crippen molar-refractivity contribution in [3.05, 3.63) is 33.1 Å². The van der Waals surface area contributed by atoms with E-state index in [9.17, 15) is 0 Å². The molecule has 0 saturated carbocycles. The molecule has 70 valence electrons. The highest BCUT2D eigenvalue weighted by molar-refractivity contribution is 9.10. The number of alkyl halides is 1. The zero-order chi connectivity index (χ0) is 10.1. The molecule has 0 N–H and O–H groups in total. The summed E-state index contributed by atoms with van der Waals surface area (Å²) in [5, 5.41) is 10.00. The first-order valence-corrected chi connectivity index (χ1v) is 6.07. The summed E-state index contributed by atoms with van der Waals surface area (Å²) in [7, 11) is 0. The number of hydrogen-bond acceptors (Lipinski definition) is 2. The Bertz CT molecular complexity index is 527. The number of fused-ring (bicyclic) bond motifs is 1. The third kappa shape index (κ3) is 1.54. The quantitative estimate of drug-likeness (QED) is 0.718. The molecule has 0 fully saturated rings. The SMILES string of the molecule is N#Cc1c(CCl)sc2ccc(Br)cc12. The van der Waals surface area contributed by atoms with Gasteiger partial charge in [-0.1, -0.05) is 15.9 Å².